The van der Waals surface area contributed by atoms with Gasteiger partial charge in [0.1, 0.15) is 6.26 Å². The molecule has 16 heavy (non-hydrogen) atoms. The minimum Gasteiger partial charge on any atom is -0.472 e. The summed E-state index contributed by atoms with van der Waals surface area (Å²) in [6.45, 7) is 0. The van der Waals surface area contributed by atoms with Gasteiger partial charge < -0.3 is 9.73 Å². The number of alkyl halides is 1. The normalized spacial score (nSPS) is 25.3. The zero-order valence-electron chi connectivity index (χ0n) is 9.12. The van der Waals surface area contributed by atoms with Crippen molar-refractivity contribution in [3.05, 3.63) is 24.2 Å². The standard InChI is InChI=1S/C12H16ClNO2/c13-7-9-3-1-2-4-11(9)14-12(15)10-5-6-16-8-10/h5-6,8-9,11H,1-4,7H2,(H,14,15). The molecule has 3 nitrogen and oxygen atoms in total. The van der Waals surface area contributed by atoms with Crippen LogP contribution in [0.3, 0.4) is 0 Å². The fourth-order valence-electron chi connectivity index (χ4n) is 2.23. The molecule has 2 atom stereocenters. The van der Waals surface area contributed by atoms with E-state index in [1.165, 1.54) is 25.4 Å². The molecule has 1 heterocycles. The molecule has 1 saturated carbocycles. The minimum absolute atomic E-state index is 0.0595. The maximum absolute atomic E-state index is 11.8. The summed E-state index contributed by atoms with van der Waals surface area (Å²) < 4.78 is 4.89. The van der Waals surface area contributed by atoms with Gasteiger partial charge in [-0.3, -0.25) is 4.79 Å². The fourth-order valence-corrected chi connectivity index (χ4v) is 2.60. The van der Waals surface area contributed by atoms with Crippen molar-refractivity contribution in [3.8, 4) is 0 Å². The SMILES string of the molecule is O=C(NC1CCCCC1CCl)c1ccoc1. The lowest BCUT2D eigenvalue weighted by Crippen LogP contribution is -2.42. The third-order valence-electron chi connectivity index (χ3n) is 3.21. The van der Waals surface area contributed by atoms with Crippen LogP contribution in [-0.2, 0) is 0 Å². The van der Waals surface area contributed by atoms with Gasteiger partial charge in [-0.05, 0) is 24.8 Å². The van der Waals surface area contributed by atoms with Gasteiger partial charge in [-0.25, -0.2) is 0 Å². The van der Waals surface area contributed by atoms with Gasteiger partial charge in [-0.1, -0.05) is 12.8 Å². The van der Waals surface area contributed by atoms with Crippen molar-refractivity contribution in [2.45, 2.75) is 31.7 Å². The monoisotopic (exact) mass is 241 g/mol. The highest BCUT2D eigenvalue weighted by molar-refractivity contribution is 6.18. The second-order valence-corrected chi connectivity index (χ2v) is 4.60. The molecular formula is C12H16ClNO2. The molecule has 0 aromatic carbocycles. The van der Waals surface area contributed by atoms with Gasteiger partial charge in [0.15, 0.2) is 0 Å². The highest BCUT2D eigenvalue weighted by atomic mass is 35.5. The number of furan rings is 1. The molecule has 0 spiro atoms. The van der Waals surface area contributed by atoms with E-state index in [4.69, 9.17) is 16.0 Å². The lowest BCUT2D eigenvalue weighted by molar-refractivity contribution is 0.0910. The van der Waals surface area contributed by atoms with Crippen molar-refractivity contribution >= 4 is 17.5 Å². The summed E-state index contributed by atoms with van der Waals surface area (Å²) in [6, 6.07) is 1.89. The third kappa shape index (κ3) is 2.59. The molecule has 0 bridgehead atoms. The van der Waals surface area contributed by atoms with E-state index in [0.29, 0.717) is 17.4 Å². The van der Waals surface area contributed by atoms with Gasteiger partial charge in [-0.2, -0.15) is 0 Å². The van der Waals surface area contributed by atoms with Crippen LogP contribution in [-0.4, -0.2) is 17.8 Å². The Kier molecular flexibility index (Phi) is 3.88. The molecule has 1 amide bonds. The zero-order valence-corrected chi connectivity index (χ0v) is 9.87. The van der Waals surface area contributed by atoms with Crippen LogP contribution in [0.4, 0.5) is 0 Å². The molecule has 0 saturated heterocycles. The second-order valence-electron chi connectivity index (χ2n) is 4.29. The molecule has 1 aromatic heterocycles. The van der Waals surface area contributed by atoms with E-state index in [9.17, 15) is 4.79 Å². The number of rotatable bonds is 3. The average Bonchev–Trinajstić information content (AvgIpc) is 2.83. The molecular weight excluding hydrogens is 226 g/mol. The zero-order chi connectivity index (χ0) is 11.4. The Morgan fingerprint density at radius 2 is 2.31 bits per heavy atom. The molecule has 1 aromatic rings. The molecule has 1 aliphatic carbocycles. The van der Waals surface area contributed by atoms with E-state index in [1.54, 1.807) is 6.07 Å². The van der Waals surface area contributed by atoms with E-state index in [-0.39, 0.29) is 11.9 Å². The van der Waals surface area contributed by atoms with Gasteiger partial charge in [0.2, 0.25) is 0 Å². The topological polar surface area (TPSA) is 42.2 Å². The first-order chi connectivity index (χ1) is 7.81. The number of carbonyl (C=O) groups excluding carboxylic acids is 1. The summed E-state index contributed by atoms with van der Waals surface area (Å²) in [6.07, 6.45) is 7.50. The molecule has 88 valence electrons. The first-order valence-corrected chi connectivity index (χ1v) is 6.23. The third-order valence-corrected chi connectivity index (χ3v) is 3.60. The van der Waals surface area contributed by atoms with E-state index >= 15 is 0 Å². The quantitative estimate of drug-likeness (QED) is 0.827. The average molecular weight is 242 g/mol. The summed E-state index contributed by atoms with van der Waals surface area (Å²) in [7, 11) is 0. The molecule has 1 N–H and O–H groups in total. The maximum atomic E-state index is 11.8. The highest BCUT2D eigenvalue weighted by Crippen LogP contribution is 2.25. The predicted molar refractivity (Wildman–Crippen MR) is 62.6 cm³/mol. The van der Waals surface area contributed by atoms with Crippen LogP contribution in [0.15, 0.2) is 23.0 Å². The van der Waals surface area contributed by atoms with Crippen LogP contribution >= 0.6 is 11.6 Å². The number of hydrogen-bond donors (Lipinski definition) is 1. The maximum Gasteiger partial charge on any atom is 0.254 e. The Morgan fingerprint density at radius 3 is 3.00 bits per heavy atom. The van der Waals surface area contributed by atoms with Crippen LogP contribution < -0.4 is 5.32 Å². The molecule has 0 radical (unpaired) electrons. The van der Waals surface area contributed by atoms with Crippen molar-refractivity contribution in [1.82, 2.24) is 5.32 Å². The Bertz CT molecular complexity index is 337. The Hall–Kier alpha value is -0.960. The van der Waals surface area contributed by atoms with Crippen LogP contribution in [0.1, 0.15) is 36.0 Å². The Balaban J connectivity index is 1.95. The summed E-state index contributed by atoms with van der Waals surface area (Å²) >= 11 is 5.91. The second kappa shape index (κ2) is 5.39. The van der Waals surface area contributed by atoms with Crippen LogP contribution in [0.2, 0.25) is 0 Å². The van der Waals surface area contributed by atoms with Crippen molar-refractivity contribution in [3.63, 3.8) is 0 Å². The van der Waals surface area contributed by atoms with Gasteiger partial charge >= 0.3 is 0 Å². The summed E-state index contributed by atoms with van der Waals surface area (Å²) in [5, 5.41) is 3.04. The van der Waals surface area contributed by atoms with Crippen LogP contribution in [0.5, 0.6) is 0 Å². The molecule has 0 aliphatic heterocycles. The summed E-state index contributed by atoms with van der Waals surface area (Å²) in [4.78, 5) is 11.8. The van der Waals surface area contributed by atoms with Crippen LogP contribution in [0, 0.1) is 5.92 Å². The molecule has 2 unspecified atom stereocenters. The lowest BCUT2D eigenvalue weighted by Gasteiger charge is -2.30. The van der Waals surface area contributed by atoms with Gasteiger partial charge in [0, 0.05) is 11.9 Å². The van der Waals surface area contributed by atoms with Crippen LogP contribution in [0.25, 0.3) is 0 Å². The van der Waals surface area contributed by atoms with Crippen molar-refractivity contribution < 1.29 is 9.21 Å². The van der Waals surface area contributed by atoms with E-state index in [2.05, 4.69) is 5.32 Å². The Morgan fingerprint density at radius 1 is 1.50 bits per heavy atom. The van der Waals surface area contributed by atoms with Gasteiger partial charge in [0.05, 0.1) is 11.8 Å². The number of hydrogen-bond acceptors (Lipinski definition) is 2. The van der Waals surface area contributed by atoms with Crippen molar-refractivity contribution in [2.75, 3.05) is 5.88 Å². The molecule has 1 fully saturated rings. The minimum atomic E-state index is -0.0595. The predicted octanol–water partition coefficient (Wildman–Crippen LogP) is 2.81. The van der Waals surface area contributed by atoms with Gasteiger partial charge in [0.25, 0.3) is 5.91 Å². The molecule has 4 heteroatoms. The lowest BCUT2D eigenvalue weighted by atomic mass is 9.85. The number of amides is 1. The summed E-state index contributed by atoms with van der Waals surface area (Å²) in [5.41, 5.74) is 0.582. The smallest absolute Gasteiger partial charge is 0.254 e. The van der Waals surface area contributed by atoms with Gasteiger partial charge in [-0.15, -0.1) is 11.6 Å². The Labute approximate surface area is 100 Å². The highest BCUT2D eigenvalue weighted by Gasteiger charge is 2.26. The molecule has 1 aliphatic rings. The van der Waals surface area contributed by atoms with Crippen molar-refractivity contribution in [1.29, 1.82) is 0 Å². The number of nitrogens with one attached hydrogen (secondary N) is 1. The largest absolute Gasteiger partial charge is 0.472 e. The van der Waals surface area contributed by atoms with E-state index in [0.717, 1.165) is 12.8 Å². The number of halogens is 1. The number of carbonyl (C=O) groups is 1. The van der Waals surface area contributed by atoms with E-state index in [1.807, 2.05) is 0 Å². The first-order valence-electron chi connectivity index (χ1n) is 5.70. The first kappa shape index (κ1) is 11.5. The van der Waals surface area contributed by atoms with Crippen molar-refractivity contribution in [2.24, 2.45) is 5.92 Å². The van der Waals surface area contributed by atoms with E-state index < -0.39 is 0 Å². The molecule has 2 rings (SSSR count). The summed E-state index contributed by atoms with van der Waals surface area (Å²) in [5.74, 6) is 0.970. The fraction of sp³-hybridized carbons (Fsp3) is 0.583.